The molecule has 0 amide bonds. The molecular formula is C11H18Si. The zero-order valence-electron chi connectivity index (χ0n) is 8.30. The molecule has 0 aromatic rings. The summed E-state index contributed by atoms with van der Waals surface area (Å²) in [7, 11) is -1.14. The van der Waals surface area contributed by atoms with Crippen LogP contribution in [0.25, 0.3) is 0 Å². The first-order valence-electron chi connectivity index (χ1n) is 4.50. The third-order valence-corrected chi connectivity index (χ3v) is 6.11. The van der Waals surface area contributed by atoms with Crippen LogP contribution < -0.4 is 0 Å². The first-order chi connectivity index (χ1) is 5.52. The Hall–Kier alpha value is -0.563. The second-order valence-electron chi connectivity index (χ2n) is 4.50. The average Bonchev–Trinajstić information content (AvgIpc) is 2.36. The average molecular weight is 178 g/mol. The number of allylic oxidation sites excluding steroid dienone is 5. The molecule has 0 aliphatic heterocycles. The zero-order chi connectivity index (χ0) is 9.24. The molecule has 0 heterocycles. The Morgan fingerprint density at radius 1 is 1.25 bits per heavy atom. The molecule has 1 aliphatic carbocycles. The Labute approximate surface area is 76.7 Å². The van der Waals surface area contributed by atoms with Crippen molar-refractivity contribution in [1.29, 1.82) is 0 Å². The van der Waals surface area contributed by atoms with Crippen LogP contribution in [0.4, 0.5) is 0 Å². The standard InChI is InChI=1S/C11H18Si/c1-5-8-11(12(2,3)4)9-6-7-10-11/h5-7,9-10H,1,8H2,2-4H3. The summed E-state index contributed by atoms with van der Waals surface area (Å²) in [6, 6.07) is 0. The first-order valence-corrected chi connectivity index (χ1v) is 8.00. The smallest absolute Gasteiger partial charge is 0.0600 e. The highest BCUT2D eigenvalue weighted by Crippen LogP contribution is 2.47. The molecule has 0 nitrogen and oxygen atoms in total. The highest BCUT2D eigenvalue weighted by molar-refractivity contribution is 6.80. The van der Waals surface area contributed by atoms with E-state index >= 15 is 0 Å². The quantitative estimate of drug-likeness (QED) is 0.456. The molecular weight excluding hydrogens is 160 g/mol. The molecule has 1 aliphatic rings. The second-order valence-corrected chi connectivity index (χ2v) is 9.93. The summed E-state index contributed by atoms with van der Waals surface area (Å²) in [5.41, 5.74) is 0. The molecule has 0 unspecified atom stereocenters. The van der Waals surface area contributed by atoms with Crippen molar-refractivity contribution in [3.05, 3.63) is 37.0 Å². The van der Waals surface area contributed by atoms with E-state index in [4.69, 9.17) is 0 Å². The molecule has 0 aromatic heterocycles. The zero-order valence-corrected chi connectivity index (χ0v) is 9.30. The number of hydrogen-bond donors (Lipinski definition) is 0. The Morgan fingerprint density at radius 2 is 1.75 bits per heavy atom. The van der Waals surface area contributed by atoms with Gasteiger partial charge in [0.25, 0.3) is 0 Å². The van der Waals surface area contributed by atoms with Gasteiger partial charge in [-0.2, -0.15) is 0 Å². The summed E-state index contributed by atoms with van der Waals surface area (Å²) in [4.78, 5) is 0. The van der Waals surface area contributed by atoms with E-state index in [2.05, 4.69) is 50.5 Å². The van der Waals surface area contributed by atoms with E-state index in [1.165, 1.54) is 0 Å². The largest absolute Gasteiger partial charge is 0.103 e. The van der Waals surface area contributed by atoms with Crippen molar-refractivity contribution >= 4 is 8.07 Å². The highest BCUT2D eigenvalue weighted by atomic mass is 28.3. The summed E-state index contributed by atoms with van der Waals surface area (Å²) >= 11 is 0. The van der Waals surface area contributed by atoms with E-state index in [0.717, 1.165) is 6.42 Å². The molecule has 0 radical (unpaired) electrons. The third-order valence-electron chi connectivity index (χ3n) is 2.78. The van der Waals surface area contributed by atoms with Crippen LogP contribution in [-0.4, -0.2) is 8.07 Å². The SMILES string of the molecule is C=CCC1([Si](C)(C)C)C=CC=C1. The topological polar surface area (TPSA) is 0 Å². The number of rotatable bonds is 3. The van der Waals surface area contributed by atoms with E-state index < -0.39 is 8.07 Å². The fourth-order valence-electron chi connectivity index (χ4n) is 1.69. The van der Waals surface area contributed by atoms with E-state index in [1.54, 1.807) is 0 Å². The van der Waals surface area contributed by atoms with Crippen molar-refractivity contribution in [2.45, 2.75) is 31.1 Å². The van der Waals surface area contributed by atoms with Gasteiger partial charge in [-0.1, -0.05) is 50.0 Å². The lowest BCUT2D eigenvalue weighted by Crippen LogP contribution is -2.35. The maximum absolute atomic E-state index is 3.84. The summed E-state index contributed by atoms with van der Waals surface area (Å²) in [5.74, 6) is 0. The molecule has 0 aromatic carbocycles. The summed E-state index contributed by atoms with van der Waals surface area (Å²) in [6.45, 7) is 11.1. The van der Waals surface area contributed by atoms with Crippen molar-refractivity contribution in [2.75, 3.05) is 0 Å². The van der Waals surface area contributed by atoms with Crippen LogP contribution >= 0.6 is 0 Å². The second kappa shape index (κ2) is 3.06. The predicted molar refractivity (Wildman–Crippen MR) is 59.1 cm³/mol. The normalized spacial score (nSPS) is 19.9. The molecule has 0 saturated carbocycles. The third kappa shape index (κ3) is 1.46. The van der Waals surface area contributed by atoms with Crippen LogP contribution in [0.1, 0.15) is 6.42 Å². The van der Waals surface area contributed by atoms with E-state index in [-0.39, 0.29) is 0 Å². The lowest BCUT2D eigenvalue weighted by atomic mass is 10.1. The maximum atomic E-state index is 3.84. The van der Waals surface area contributed by atoms with E-state index in [0.29, 0.717) is 5.04 Å². The van der Waals surface area contributed by atoms with Gasteiger partial charge in [-0.15, -0.1) is 6.58 Å². The molecule has 0 spiro atoms. The number of hydrogen-bond acceptors (Lipinski definition) is 0. The van der Waals surface area contributed by atoms with Crippen molar-refractivity contribution in [3.8, 4) is 0 Å². The monoisotopic (exact) mass is 178 g/mol. The minimum Gasteiger partial charge on any atom is -0.103 e. The van der Waals surface area contributed by atoms with Crippen molar-refractivity contribution in [2.24, 2.45) is 0 Å². The summed E-state index contributed by atoms with van der Waals surface area (Å²) in [6.07, 6.45) is 12.2. The van der Waals surface area contributed by atoms with Crippen LogP contribution in [0, 0.1) is 0 Å². The Bertz CT molecular complexity index is 216. The van der Waals surface area contributed by atoms with Crippen molar-refractivity contribution in [1.82, 2.24) is 0 Å². The molecule has 0 saturated heterocycles. The molecule has 0 atom stereocenters. The van der Waals surface area contributed by atoms with Gasteiger partial charge in [0.15, 0.2) is 0 Å². The molecule has 1 rings (SSSR count). The summed E-state index contributed by atoms with van der Waals surface area (Å²) in [5, 5.41) is 0.342. The van der Waals surface area contributed by atoms with Gasteiger partial charge in [0.05, 0.1) is 8.07 Å². The Kier molecular flexibility index (Phi) is 2.43. The van der Waals surface area contributed by atoms with Crippen LogP contribution in [0.15, 0.2) is 37.0 Å². The fourth-order valence-corrected chi connectivity index (χ4v) is 3.64. The van der Waals surface area contributed by atoms with Gasteiger partial charge >= 0.3 is 0 Å². The van der Waals surface area contributed by atoms with Crippen LogP contribution in [-0.2, 0) is 0 Å². The van der Waals surface area contributed by atoms with E-state index in [1.807, 2.05) is 6.08 Å². The van der Waals surface area contributed by atoms with E-state index in [9.17, 15) is 0 Å². The molecule has 12 heavy (non-hydrogen) atoms. The van der Waals surface area contributed by atoms with Crippen LogP contribution in [0.2, 0.25) is 24.7 Å². The molecule has 66 valence electrons. The minimum absolute atomic E-state index is 0.342. The van der Waals surface area contributed by atoms with Crippen molar-refractivity contribution in [3.63, 3.8) is 0 Å². The highest BCUT2D eigenvalue weighted by Gasteiger charge is 2.38. The van der Waals surface area contributed by atoms with Gasteiger partial charge in [0, 0.05) is 5.04 Å². The van der Waals surface area contributed by atoms with Gasteiger partial charge in [-0.25, -0.2) is 0 Å². The van der Waals surface area contributed by atoms with Gasteiger partial charge in [0.1, 0.15) is 0 Å². The maximum Gasteiger partial charge on any atom is 0.0600 e. The van der Waals surface area contributed by atoms with Gasteiger partial charge in [0.2, 0.25) is 0 Å². The molecule has 0 bridgehead atoms. The van der Waals surface area contributed by atoms with Gasteiger partial charge < -0.3 is 0 Å². The molecule has 0 N–H and O–H groups in total. The fraction of sp³-hybridized carbons (Fsp3) is 0.455. The minimum atomic E-state index is -1.14. The van der Waals surface area contributed by atoms with Crippen LogP contribution in [0.5, 0.6) is 0 Å². The van der Waals surface area contributed by atoms with Gasteiger partial charge in [-0.05, 0) is 6.42 Å². The lowest BCUT2D eigenvalue weighted by molar-refractivity contribution is 0.827. The van der Waals surface area contributed by atoms with Crippen LogP contribution in [0.3, 0.4) is 0 Å². The summed E-state index contributed by atoms with van der Waals surface area (Å²) < 4.78 is 0. The van der Waals surface area contributed by atoms with Crippen molar-refractivity contribution < 1.29 is 0 Å². The molecule has 1 heteroatoms. The lowest BCUT2D eigenvalue weighted by Gasteiger charge is -2.36. The van der Waals surface area contributed by atoms with Gasteiger partial charge in [-0.3, -0.25) is 0 Å². The first kappa shape index (κ1) is 9.52. The Morgan fingerprint density at radius 3 is 2.08 bits per heavy atom. The Balaban J connectivity index is 2.95. The predicted octanol–water partition coefficient (Wildman–Crippen LogP) is 3.77. The molecule has 0 fully saturated rings.